The van der Waals surface area contributed by atoms with Crippen molar-refractivity contribution < 1.29 is 13.2 Å². The smallest absolute Gasteiger partial charge is 0.324 e. The maximum atomic E-state index is 11.7. The molecule has 1 unspecified atom stereocenters. The summed E-state index contributed by atoms with van der Waals surface area (Å²) >= 11 is 0. The summed E-state index contributed by atoms with van der Waals surface area (Å²) in [7, 11) is 0. The molecule has 10 heavy (non-hydrogen) atoms. The summed E-state index contributed by atoms with van der Waals surface area (Å²) in [6, 6.07) is -1.96. The van der Waals surface area contributed by atoms with E-state index in [-0.39, 0.29) is 0 Å². The SMILES string of the molecule is CC(C)(N)C(N)C(F)(F)F. The van der Waals surface area contributed by atoms with Crippen molar-refractivity contribution in [1.82, 2.24) is 0 Å². The number of hydrogen-bond acceptors (Lipinski definition) is 2. The van der Waals surface area contributed by atoms with Crippen molar-refractivity contribution in [3.63, 3.8) is 0 Å². The molecule has 0 aliphatic heterocycles. The molecule has 1 atom stereocenters. The molecule has 0 aliphatic rings. The van der Waals surface area contributed by atoms with Crippen molar-refractivity contribution in [1.29, 1.82) is 0 Å². The quantitative estimate of drug-likeness (QED) is 0.584. The van der Waals surface area contributed by atoms with E-state index in [1.165, 1.54) is 13.8 Å². The van der Waals surface area contributed by atoms with Crippen molar-refractivity contribution in [2.24, 2.45) is 11.5 Å². The van der Waals surface area contributed by atoms with E-state index in [0.29, 0.717) is 0 Å². The molecule has 0 fully saturated rings. The molecule has 0 aliphatic carbocycles. The van der Waals surface area contributed by atoms with Crippen LogP contribution in [0.5, 0.6) is 0 Å². The molecule has 0 radical (unpaired) electrons. The van der Waals surface area contributed by atoms with Crippen molar-refractivity contribution in [3.05, 3.63) is 0 Å². The van der Waals surface area contributed by atoms with Gasteiger partial charge in [0.1, 0.15) is 6.04 Å². The molecule has 0 aromatic heterocycles. The van der Waals surface area contributed by atoms with Crippen molar-refractivity contribution >= 4 is 0 Å². The van der Waals surface area contributed by atoms with Gasteiger partial charge in [-0.2, -0.15) is 13.2 Å². The van der Waals surface area contributed by atoms with Crippen LogP contribution in [0.2, 0.25) is 0 Å². The van der Waals surface area contributed by atoms with Crippen LogP contribution in [0.25, 0.3) is 0 Å². The third-order valence-corrected chi connectivity index (χ3v) is 1.15. The first-order chi connectivity index (χ1) is 4.15. The monoisotopic (exact) mass is 156 g/mol. The molecular weight excluding hydrogens is 145 g/mol. The molecule has 0 aromatic carbocycles. The Morgan fingerprint density at radius 3 is 1.50 bits per heavy atom. The first-order valence-electron chi connectivity index (χ1n) is 2.77. The predicted molar refractivity (Wildman–Crippen MR) is 32.3 cm³/mol. The van der Waals surface area contributed by atoms with E-state index in [0.717, 1.165) is 0 Å². The van der Waals surface area contributed by atoms with Gasteiger partial charge in [0.15, 0.2) is 0 Å². The summed E-state index contributed by atoms with van der Waals surface area (Å²) in [5, 5.41) is 0. The fraction of sp³-hybridized carbons (Fsp3) is 1.00. The largest absolute Gasteiger partial charge is 0.405 e. The zero-order valence-corrected chi connectivity index (χ0v) is 5.87. The van der Waals surface area contributed by atoms with Gasteiger partial charge in [-0.1, -0.05) is 0 Å². The number of nitrogens with two attached hydrogens (primary N) is 2. The molecule has 0 bridgehead atoms. The maximum absolute atomic E-state index is 11.7. The Kier molecular flexibility index (Phi) is 2.32. The van der Waals surface area contributed by atoms with Crippen LogP contribution in [0.4, 0.5) is 13.2 Å². The third kappa shape index (κ3) is 2.53. The van der Waals surface area contributed by atoms with Gasteiger partial charge >= 0.3 is 6.18 Å². The molecule has 62 valence electrons. The Hall–Kier alpha value is -0.290. The summed E-state index contributed by atoms with van der Waals surface area (Å²) in [5.74, 6) is 0. The van der Waals surface area contributed by atoms with E-state index in [1.807, 2.05) is 0 Å². The fourth-order valence-corrected chi connectivity index (χ4v) is 0.422. The number of halogens is 3. The Balaban J connectivity index is 4.23. The lowest BCUT2D eigenvalue weighted by Gasteiger charge is -2.28. The minimum atomic E-state index is -4.40. The van der Waals surface area contributed by atoms with Crippen LogP contribution in [0, 0.1) is 0 Å². The van der Waals surface area contributed by atoms with E-state index < -0.39 is 17.8 Å². The second-order valence-corrected chi connectivity index (χ2v) is 2.84. The van der Waals surface area contributed by atoms with Crippen molar-refractivity contribution in [2.75, 3.05) is 0 Å². The van der Waals surface area contributed by atoms with Gasteiger partial charge < -0.3 is 11.5 Å². The Morgan fingerprint density at radius 1 is 1.20 bits per heavy atom. The number of rotatable bonds is 1. The molecule has 0 heterocycles. The zero-order valence-electron chi connectivity index (χ0n) is 5.87. The van der Waals surface area contributed by atoms with Gasteiger partial charge in [-0.25, -0.2) is 0 Å². The van der Waals surface area contributed by atoms with E-state index in [1.54, 1.807) is 0 Å². The van der Waals surface area contributed by atoms with Crippen LogP contribution < -0.4 is 11.5 Å². The van der Waals surface area contributed by atoms with Gasteiger partial charge in [-0.05, 0) is 13.8 Å². The molecular formula is C5H11F3N2. The molecule has 0 rings (SSSR count). The Morgan fingerprint density at radius 2 is 1.50 bits per heavy atom. The summed E-state index contributed by atoms with van der Waals surface area (Å²) in [6.07, 6.45) is -4.40. The van der Waals surface area contributed by atoms with Crippen LogP contribution in [-0.4, -0.2) is 17.8 Å². The fourth-order valence-electron chi connectivity index (χ4n) is 0.422. The van der Waals surface area contributed by atoms with Gasteiger partial charge in [-0.15, -0.1) is 0 Å². The average Bonchev–Trinajstić information content (AvgIpc) is 1.59. The third-order valence-electron chi connectivity index (χ3n) is 1.15. The summed E-state index contributed by atoms with van der Waals surface area (Å²) in [5.41, 5.74) is 8.49. The predicted octanol–water partition coefficient (Wildman–Crippen LogP) is 0.613. The average molecular weight is 156 g/mol. The minimum absolute atomic E-state index is 1.24. The lowest BCUT2D eigenvalue weighted by Crippen LogP contribution is -2.58. The van der Waals surface area contributed by atoms with Crippen molar-refractivity contribution in [2.45, 2.75) is 31.6 Å². The van der Waals surface area contributed by atoms with Gasteiger partial charge in [0, 0.05) is 5.54 Å². The molecule has 2 nitrogen and oxygen atoms in total. The molecule has 0 saturated carbocycles. The first kappa shape index (κ1) is 9.71. The highest BCUT2D eigenvalue weighted by atomic mass is 19.4. The second kappa shape index (κ2) is 2.39. The normalized spacial score (nSPS) is 17.1. The topological polar surface area (TPSA) is 52.0 Å². The molecule has 0 spiro atoms. The van der Waals surface area contributed by atoms with Gasteiger partial charge in [0.05, 0.1) is 0 Å². The highest BCUT2D eigenvalue weighted by molar-refractivity contribution is 4.90. The Labute approximate surface area is 57.4 Å². The van der Waals surface area contributed by atoms with Crippen LogP contribution in [0.15, 0.2) is 0 Å². The standard InChI is InChI=1S/C5H11F3N2/c1-4(2,10)3(9)5(6,7)8/h3H,9-10H2,1-2H3. The number of hydrogen-bond donors (Lipinski definition) is 2. The maximum Gasteiger partial charge on any atom is 0.405 e. The molecule has 0 aromatic rings. The van der Waals surface area contributed by atoms with E-state index >= 15 is 0 Å². The minimum Gasteiger partial charge on any atom is -0.324 e. The lowest BCUT2D eigenvalue weighted by molar-refractivity contribution is -0.159. The van der Waals surface area contributed by atoms with Gasteiger partial charge in [-0.3, -0.25) is 0 Å². The van der Waals surface area contributed by atoms with E-state index in [2.05, 4.69) is 0 Å². The molecule has 4 N–H and O–H groups in total. The highest BCUT2D eigenvalue weighted by Gasteiger charge is 2.44. The zero-order chi connectivity index (χ0) is 8.58. The molecule has 0 saturated heterocycles. The van der Waals surface area contributed by atoms with Crippen LogP contribution in [0.1, 0.15) is 13.8 Å². The van der Waals surface area contributed by atoms with E-state index in [4.69, 9.17) is 11.5 Å². The van der Waals surface area contributed by atoms with Crippen LogP contribution in [-0.2, 0) is 0 Å². The summed E-state index contributed by atoms with van der Waals surface area (Å²) in [4.78, 5) is 0. The highest BCUT2D eigenvalue weighted by Crippen LogP contribution is 2.24. The summed E-state index contributed by atoms with van der Waals surface area (Å²) in [6.45, 7) is 2.48. The molecule has 5 heteroatoms. The summed E-state index contributed by atoms with van der Waals surface area (Å²) < 4.78 is 35.2. The second-order valence-electron chi connectivity index (χ2n) is 2.84. The molecule has 0 amide bonds. The lowest BCUT2D eigenvalue weighted by atomic mass is 9.97. The van der Waals surface area contributed by atoms with Gasteiger partial charge in [0.2, 0.25) is 0 Å². The van der Waals surface area contributed by atoms with Crippen molar-refractivity contribution in [3.8, 4) is 0 Å². The number of alkyl halides is 3. The van der Waals surface area contributed by atoms with Gasteiger partial charge in [0.25, 0.3) is 0 Å². The first-order valence-corrected chi connectivity index (χ1v) is 2.77. The van der Waals surface area contributed by atoms with Crippen LogP contribution in [0.3, 0.4) is 0 Å². The Bertz CT molecular complexity index is 99.0. The van der Waals surface area contributed by atoms with Crippen LogP contribution >= 0.6 is 0 Å². The van der Waals surface area contributed by atoms with E-state index in [9.17, 15) is 13.2 Å².